The zero-order valence-electron chi connectivity index (χ0n) is 54.5. The van der Waals surface area contributed by atoms with E-state index in [4.69, 9.17) is 32.6 Å². The summed E-state index contributed by atoms with van der Waals surface area (Å²) in [4.78, 5) is 16.1. The molecule has 15 aromatic carbocycles. The van der Waals surface area contributed by atoms with Crippen molar-refractivity contribution in [3.05, 3.63) is 322 Å². The average molecular weight is 1300 g/mol. The number of hydrogen-bond acceptors (Lipinski definition) is 7. The van der Waals surface area contributed by atoms with Gasteiger partial charge in [-0.05, 0) is 113 Å². The molecule has 0 N–H and O–H groups in total. The van der Waals surface area contributed by atoms with Crippen LogP contribution in [0.1, 0.15) is 0 Å². The average Bonchev–Trinajstić information content (AvgIpc) is 1.57. The molecule has 0 unspecified atom stereocenters. The molecule has 0 saturated carbocycles. The third-order valence-corrected chi connectivity index (χ3v) is 20.8. The largest absolute Gasteiger partial charge is 0.455 e. The molecule has 0 bridgehead atoms. The maximum absolute atomic E-state index is 6.76. The van der Waals surface area contributed by atoms with Gasteiger partial charge in [-0.2, -0.15) is 0 Å². The molecule has 22 aromatic rings. The van der Waals surface area contributed by atoms with Crippen LogP contribution in [-0.4, -0.2) is 24.1 Å². The number of para-hydroxylation sites is 8. The van der Waals surface area contributed by atoms with Gasteiger partial charge in [-0.1, -0.05) is 231 Å². The Morgan fingerprint density at radius 1 is 0.186 bits per heavy atom. The van der Waals surface area contributed by atoms with Gasteiger partial charge in [-0.15, -0.1) is 0 Å². The van der Waals surface area contributed by atoms with Crippen molar-refractivity contribution in [2.24, 2.45) is 0 Å². The second-order valence-corrected chi connectivity index (χ2v) is 26.5. The molecule has 0 spiro atoms. The van der Waals surface area contributed by atoms with Gasteiger partial charge in [0.1, 0.15) is 44.7 Å². The van der Waals surface area contributed by atoms with E-state index in [-0.39, 0.29) is 0 Å². The van der Waals surface area contributed by atoms with Gasteiger partial charge in [0.2, 0.25) is 0 Å². The van der Waals surface area contributed by atoms with Crippen molar-refractivity contribution in [2.45, 2.75) is 0 Å². The Bertz CT molecular complexity index is 6500. The van der Waals surface area contributed by atoms with Crippen molar-refractivity contribution >= 4 is 131 Å². The summed E-state index contributed by atoms with van der Waals surface area (Å²) in [6.45, 7) is 0. The Balaban J connectivity index is 0.828. The SMILES string of the molecule is c1ccc(-c2nc(-c3ccccc3)nc(-c3cc(-n4c5ccc(-c6cccc7c6oc6ccccc67)cc5c5cc(-c6cccc7c6oc6ccccc67)ccc54)cc(-n4c5ccc(-c6cccc7c6oc6ccccc67)cc5c5cc(-c6cccc7c6oc6ccccc67)ccc54)c3)n2)cc1. The van der Waals surface area contributed by atoms with Gasteiger partial charge in [0.05, 0.1) is 22.1 Å². The highest BCUT2D eigenvalue weighted by Gasteiger charge is 2.25. The first-order valence-electron chi connectivity index (χ1n) is 34.4. The van der Waals surface area contributed by atoms with Gasteiger partial charge in [0, 0.05) is 115 Å². The second-order valence-electron chi connectivity index (χ2n) is 26.5. The Kier molecular flexibility index (Phi) is 12.0. The molecule has 0 atom stereocenters. The van der Waals surface area contributed by atoms with Crippen LogP contribution in [-0.2, 0) is 0 Å². The molecule has 0 amide bonds. The van der Waals surface area contributed by atoms with E-state index in [1.807, 2.05) is 84.9 Å². The summed E-state index contributed by atoms with van der Waals surface area (Å²) in [6, 6.07) is 114. The third-order valence-electron chi connectivity index (χ3n) is 20.8. The summed E-state index contributed by atoms with van der Waals surface area (Å²) >= 11 is 0. The predicted molar refractivity (Wildman–Crippen MR) is 416 cm³/mol. The fourth-order valence-electron chi connectivity index (χ4n) is 16.1. The maximum Gasteiger partial charge on any atom is 0.164 e. The summed E-state index contributed by atoms with van der Waals surface area (Å²) in [5.41, 5.74) is 23.4. The monoisotopic (exact) mass is 1300 g/mol. The lowest BCUT2D eigenvalue weighted by Gasteiger charge is -2.16. The van der Waals surface area contributed by atoms with E-state index in [9.17, 15) is 0 Å². The minimum atomic E-state index is 0.525. The first-order chi connectivity index (χ1) is 50.5. The molecule has 0 fully saturated rings. The van der Waals surface area contributed by atoms with E-state index in [2.05, 4.69) is 246 Å². The van der Waals surface area contributed by atoms with Gasteiger partial charge >= 0.3 is 0 Å². The molecule has 102 heavy (non-hydrogen) atoms. The number of rotatable bonds is 9. The quantitative estimate of drug-likeness (QED) is 0.142. The van der Waals surface area contributed by atoms with E-state index in [0.29, 0.717) is 17.5 Å². The van der Waals surface area contributed by atoms with Crippen LogP contribution >= 0.6 is 0 Å². The van der Waals surface area contributed by atoms with E-state index in [1.165, 1.54) is 0 Å². The zero-order valence-corrected chi connectivity index (χ0v) is 54.5. The highest BCUT2D eigenvalue weighted by atomic mass is 16.3. The molecule has 9 nitrogen and oxygen atoms in total. The van der Waals surface area contributed by atoms with Crippen LogP contribution in [0.3, 0.4) is 0 Å². The molecule has 474 valence electrons. The topological polar surface area (TPSA) is 101 Å². The number of benzene rings is 15. The van der Waals surface area contributed by atoms with Crippen molar-refractivity contribution in [2.75, 3.05) is 0 Å². The molecule has 0 aliphatic heterocycles. The second kappa shape index (κ2) is 21.8. The molecular weight excluding hydrogens is 1250 g/mol. The van der Waals surface area contributed by atoms with Gasteiger partial charge in [-0.3, -0.25) is 0 Å². The van der Waals surface area contributed by atoms with Crippen molar-refractivity contribution in [1.82, 2.24) is 24.1 Å². The first-order valence-corrected chi connectivity index (χ1v) is 34.4. The van der Waals surface area contributed by atoms with E-state index < -0.39 is 0 Å². The van der Waals surface area contributed by atoms with Crippen LogP contribution in [0.25, 0.3) is 221 Å². The van der Waals surface area contributed by atoms with E-state index in [0.717, 1.165) is 204 Å². The van der Waals surface area contributed by atoms with Crippen molar-refractivity contribution in [1.29, 1.82) is 0 Å². The van der Waals surface area contributed by atoms with Gasteiger partial charge in [0.25, 0.3) is 0 Å². The summed E-state index contributed by atoms with van der Waals surface area (Å²) in [5.74, 6) is 1.66. The summed E-state index contributed by atoms with van der Waals surface area (Å²) in [5, 5.41) is 12.9. The Labute approximate surface area is 581 Å². The zero-order chi connectivity index (χ0) is 66.7. The fourth-order valence-corrected chi connectivity index (χ4v) is 16.1. The number of hydrogen-bond donors (Lipinski definition) is 0. The molecule has 0 aliphatic rings. The molecule has 0 radical (unpaired) electrons. The summed E-state index contributed by atoms with van der Waals surface area (Å²) in [6.07, 6.45) is 0. The molecule has 22 rings (SSSR count). The van der Waals surface area contributed by atoms with Crippen molar-refractivity contribution in [3.63, 3.8) is 0 Å². The van der Waals surface area contributed by atoms with Crippen LogP contribution in [0.15, 0.2) is 339 Å². The number of nitrogens with zero attached hydrogens (tertiary/aromatic N) is 5. The summed E-state index contributed by atoms with van der Waals surface area (Å²) < 4.78 is 31.9. The molecular formula is C93H53N5O4. The number of aromatic nitrogens is 5. The predicted octanol–water partition coefficient (Wildman–Crippen LogP) is 25.3. The number of fused-ring (bicyclic) bond motifs is 18. The molecule has 9 heteroatoms. The highest BCUT2D eigenvalue weighted by Crippen LogP contribution is 2.47. The fraction of sp³-hybridized carbons (Fsp3) is 0. The van der Waals surface area contributed by atoms with E-state index in [1.54, 1.807) is 0 Å². The Morgan fingerprint density at radius 2 is 0.451 bits per heavy atom. The lowest BCUT2D eigenvalue weighted by atomic mass is 9.98. The Morgan fingerprint density at radius 3 is 0.755 bits per heavy atom. The molecule has 0 aliphatic carbocycles. The van der Waals surface area contributed by atoms with Gasteiger partial charge < -0.3 is 26.8 Å². The maximum atomic E-state index is 6.76. The number of furan rings is 4. The first kappa shape index (κ1) is 56.2. The minimum absolute atomic E-state index is 0.525. The van der Waals surface area contributed by atoms with Crippen LogP contribution in [0.5, 0.6) is 0 Å². The van der Waals surface area contributed by atoms with Gasteiger partial charge in [-0.25, -0.2) is 15.0 Å². The molecule has 0 saturated heterocycles. The van der Waals surface area contributed by atoms with Crippen molar-refractivity contribution in [3.8, 4) is 90.0 Å². The Hall–Kier alpha value is -13.9. The standard InChI is InChI=1S/C93H53N5O4/c1-3-19-54(20-4-1)91-94-92(55-21-5-2-6-22-55)96-93(95-91)60-47-61(97-79-43-39-56(63-27-15-31-71-67-23-7-11-35-83(67)99-87(63)71)49-75(79)76-50-57(40-44-80(76)97)64-28-16-32-72-68-24-8-12-36-84(68)100-88(64)72)53-62(48-60)98-81-45-41-58(65-29-17-33-73-69-25-9-13-37-85(69)101-89(65)73)51-77(81)78-52-59(42-46-82(78)98)66-30-18-34-74-70-26-10-14-38-86(70)102-90(66)74/h1-53H. The third kappa shape index (κ3) is 8.55. The van der Waals surface area contributed by atoms with E-state index >= 15 is 0 Å². The lowest BCUT2D eigenvalue weighted by Crippen LogP contribution is -2.03. The van der Waals surface area contributed by atoms with Crippen LogP contribution < -0.4 is 0 Å². The van der Waals surface area contributed by atoms with Crippen molar-refractivity contribution < 1.29 is 17.7 Å². The van der Waals surface area contributed by atoms with Crippen LogP contribution in [0.4, 0.5) is 0 Å². The van der Waals surface area contributed by atoms with Crippen LogP contribution in [0, 0.1) is 0 Å². The lowest BCUT2D eigenvalue weighted by molar-refractivity contribution is 0.669. The minimum Gasteiger partial charge on any atom is -0.455 e. The summed E-state index contributed by atoms with van der Waals surface area (Å²) in [7, 11) is 0. The molecule has 7 aromatic heterocycles. The smallest absolute Gasteiger partial charge is 0.164 e. The molecule has 7 heterocycles. The van der Waals surface area contributed by atoms with Crippen LogP contribution in [0.2, 0.25) is 0 Å². The normalized spacial score (nSPS) is 12.1. The highest BCUT2D eigenvalue weighted by molar-refractivity contribution is 6.18. The van der Waals surface area contributed by atoms with Gasteiger partial charge in [0.15, 0.2) is 17.5 Å².